The average Bonchev–Trinajstić information content (AvgIpc) is 3.48. The summed E-state index contributed by atoms with van der Waals surface area (Å²) >= 11 is 3.51. The topological polar surface area (TPSA) is 29.5 Å². The molecule has 0 bridgehead atoms. The Kier molecular flexibility index (Phi) is 6.60. The van der Waals surface area contributed by atoms with Crippen molar-refractivity contribution in [3.8, 4) is 5.75 Å². The molecule has 0 spiro atoms. The van der Waals surface area contributed by atoms with Gasteiger partial charge in [-0.3, -0.25) is 4.79 Å². The molecule has 0 atom stereocenters. The van der Waals surface area contributed by atoms with Gasteiger partial charge in [0.2, 0.25) is 0 Å². The van der Waals surface area contributed by atoms with E-state index in [-0.39, 0.29) is 5.78 Å². The van der Waals surface area contributed by atoms with Crippen molar-refractivity contribution in [2.24, 2.45) is 0 Å². The van der Waals surface area contributed by atoms with Gasteiger partial charge in [-0.2, -0.15) is 22.7 Å². The number of piperidine rings is 1. The fraction of sp³-hybridized carbons (Fsp3) is 0.292. The number of hydrogen-bond donors (Lipinski definition) is 0. The van der Waals surface area contributed by atoms with Crippen LogP contribution < -0.4 is 4.74 Å². The standard InChI is InChI=1S/C24H25NO2S2/c1-27-22-4-2-3-19(15-22)23(26)7-12-25-10-5-18(6-11-25)24(20-8-13-28-16-20)21-9-14-29-17-21/h2-4,8-9,13-17H,5-7,10-12H2,1H3. The van der Waals surface area contributed by atoms with Crippen molar-refractivity contribution in [2.75, 3.05) is 26.7 Å². The molecule has 0 unspecified atom stereocenters. The lowest BCUT2D eigenvalue weighted by Gasteiger charge is -2.29. The van der Waals surface area contributed by atoms with Crippen molar-refractivity contribution >= 4 is 34.0 Å². The minimum Gasteiger partial charge on any atom is -0.497 e. The number of thiophene rings is 2. The van der Waals surface area contributed by atoms with E-state index in [1.807, 2.05) is 24.3 Å². The van der Waals surface area contributed by atoms with E-state index in [1.165, 1.54) is 22.3 Å². The van der Waals surface area contributed by atoms with Crippen molar-refractivity contribution in [3.05, 3.63) is 80.2 Å². The normalized spacial score (nSPS) is 14.7. The number of carbonyl (C=O) groups is 1. The lowest BCUT2D eigenvalue weighted by atomic mass is 9.91. The molecule has 3 aromatic rings. The largest absolute Gasteiger partial charge is 0.497 e. The first-order chi connectivity index (χ1) is 14.2. The molecule has 0 N–H and O–H groups in total. The first kappa shape index (κ1) is 20.1. The van der Waals surface area contributed by atoms with Crippen molar-refractivity contribution in [1.82, 2.24) is 4.90 Å². The van der Waals surface area contributed by atoms with Crippen LogP contribution in [0.2, 0.25) is 0 Å². The molecule has 0 saturated carbocycles. The van der Waals surface area contributed by atoms with E-state index in [9.17, 15) is 4.79 Å². The van der Waals surface area contributed by atoms with Crippen molar-refractivity contribution < 1.29 is 9.53 Å². The first-order valence-corrected chi connectivity index (χ1v) is 11.8. The Bertz CT molecular complexity index is 928. The fourth-order valence-electron chi connectivity index (χ4n) is 3.89. The van der Waals surface area contributed by atoms with Gasteiger partial charge in [0.05, 0.1) is 7.11 Å². The minimum atomic E-state index is 0.183. The summed E-state index contributed by atoms with van der Waals surface area (Å²) in [4.78, 5) is 15.0. The van der Waals surface area contributed by atoms with E-state index in [0.717, 1.165) is 43.8 Å². The van der Waals surface area contributed by atoms with Crippen molar-refractivity contribution in [1.29, 1.82) is 0 Å². The Hall–Kier alpha value is -2.21. The second-order valence-corrected chi connectivity index (χ2v) is 8.81. The van der Waals surface area contributed by atoms with E-state index >= 15 is 0 Å². The predicted molar refractivity (Wildman–Crippen MR) is 122 cm³/mol. The maximum absolute atomic E-state index is 12.5. The SMILES string of the molecule is COc1cccc(C(=O)CCN2CCC(=C(c3ccsc3)c3ccsc3)CC2)c1. The van der Waals surface area contributed by atoms with Gasteiger partial charge in [-0.05, 0) is 75.3 Å². The molecule has 3 heterocycles. The molecule has 1 aliphatic rings. The van der Waals surface area contributed by atoms with Gasteiger partial charge in [0.1, 0.15) is 5.75 Å². The highest BCUT2D eigenvalue weighted by Crippen LogP contribution is 2.34. The quantitative estimate of drug-likeness (QED) is 0.437. The van der Waals surface area contributed by atoms with Crippen molar-refractivity contribution in [2.45, 2.75) is 19.3 Å². The zero-order valence-corrected chi connectivity index (χ0v) is 18.2. The Labute approximate surface area is 180 Å². The monoisotopic (exact) mass is 423 g/mol. The lowest BCUT2D eigenvalue weighted by Crippen LogP contribution is -2.33. The molecule has 150 valence electrons. The predicted octanol–water partition coefficient (Wildman–Crippen LogP) is 5.99. The second-order valence-electron chi connectivity index (χ2n) is 7.25. The number of methoxy groups -OCH3 is 1. The number of benzene rings is 1. The lowest BCUT2D eigenvalue weighted by molar-refractivity contribution is 0.0962. The maximum Gasteiger partial charge on any atom is 0.164 e. The van der Waals surface area contributed by atoms with Crippen LogP contribution in [-0.2, 0) is 0 Å². The van der Waals surface area contributed by atoms with Crippen LogP contribution in [0.25, 0.3) is 5.57 Å². The number of nitrogens with zero attached hydrogens (tertiary/aromatic N) is 1. The summed E-state index contributed by atoms with van der Waals surface area (Å²) in [5.74, 6) is 0.917. The van der Waals surface area contributed by atoms with Gasteiger partial charge in [-0.25, -0.2) is 0 Å². The highest BCUT2D eigenvalue weighted by atomic mass is 32.1. The van der Waals surface area contributed by atoms with E-state index in [0.29, 0.717) is 6.42 Å². The number of Topliss-reactive ketones (excluding diaryl/α,β-unsaturated/α-hetero) is 1. The van der Waals surface area contributed by atoms with Gasteiger partial charge in [-0.15, -0.1) is 0 Å². The first-order valence-electron chi connectivity index (χ1n) is 9.91. The molecule has 1 fully saturated rings. The number of ether oxygens (including phenoxy) is 1. The summed E-state index contributed by atoms with van der Waals surface area (Å²) in [5, 5.41) is 8.81. The third-order valence-electron chi connectivity index (χ3n) is 5.48. The Balaban J connectivity index is 1.38. The number of rotatable bonds is 7. The summed E-state index contributed by atoms with van der Waals surface area (Å²) in [7, 11) is 1.63. The van der Waals surface area contributed by atoms with Gasteiger partial charge >= 0.3 is 0 Å². The Morgan fingerprint density at radius 1 is 1.00 bits per heavy atom. The molecule has 5 heteroatoms. The third kappa shape index (κ3) is 4.86. The molecule has 0 radical (unpaired) electrons. The number of hydrogen-bond acceptors (Lipinski definition) is 5. The molecular formula is C24H25NO2S2. The third-order valence-corrected chi connectivity index (χ3v) is 6.85. The Morgan fingerprint density at radius 3 is 2.28 bits per heavy atom. The van der Waals surface area contributed by atoms with Crippen LogP contribution in [0.5, 0.6) is 5.75 Å². The summed E-state index contributed by atoms with van der Waals surface area (Å²) in [6.07, 6.45) is 2.68. The van der Waals surface area contributed by atoms with Crippen LogP contribution in [0.3, 0.4) is 0 Å². The number of ketones is 1. The summed E-state index contributed by atoms with van der Waals surface area (Å²) in [6.45, 7) is 2.84. The zero-order chi connectivity index (χ0) is 20.1. The van der Waals surface area contributed by atoms with E-state index in [4.69, 9.17) is 4.74 Å². The second kappa shape index (κ2) is 9.53. The molecule has 1 aliphatic heterocycles. The molecule has 0 aliphatic carbocycles. The van der Waals surface area contributed by atoms with Crippen molar-refractivity contribution in [3.63, 3.8) is 0 Å². The highest BCUT2D eigenvalue weighted by molar-refractivity contribution is 7.08. The van der Waals surface area contributed by atoms with Crippen LogP contribution in [0.1, 0.15) is 40.7 Å². The summed E-state index contributed by atoms with van der Waals surface area (Å²) < 4.78 is 5.23. The van der Waals surface area contributed by atoms with Crippen LogP contribution >= 0.6 is 22.7 Å². The van der Waals surface area contributed by atoms with Crippen LogP contribution in [0.15, 0.2) is 63.5 Å². The van der Waals surface area contributed by atoms with Crippen LogP contribution in [0.4, 0.5) is 0 Å². The van der Waals surface area contributed by atoms with E-state index in [2.05, 4.69) is 38.6 Å². The molecule has 0 amide bonds. The number of carbonyl (C=O) groups excluding carboxylic acids is 1. The maximum atomic E-state index is 12.5. The average molecular weight is 424 g/mol. The molecule has 2 aromatic heterocycles. The zero-order valence-electron chi connectivity index (χ0n) is 16.6. The highest BCUT2D eigenvalue weighted by Gasteiger charge is 2.20. The Morgan fingerprint density at radius 2 is 1.69 bits per heavy atom. The van der Waals surface area contributed by atoms with Gasteiger partial charge in [-0.1, -0.05) is 17.7 Å². The molecule has 3 nitrogen and oxygen atoms in total. The summed E-state index contributed by atoms with van der Waals surface area (Å²) in [6, 6.07) is 11.9. The van der Waals surface area contributed by atoms with Gasteiger partial charge in [0.25, 0.3) is 0 Å². The minimum absolute atomic E-state index is 0.183. The van der Waals surface area contributed by atoms with Gasteiger partial charge in [0.15, 0.2) is 5.78 Å². The van der Waals surface area contributed by atoms with Gasteiger partial charge in [0, 0.05) is 31.6 Å². The summed E-state index contributed by atoms with van der Waals surface area (Å²) in [5.41, 5.74) is 6.37. The van der Waals surface area contributed by atoms with E-state index < -0.39 is 0 Å². The van der Waals surface area contributed by atoms with Crippen LogP contribution in [0, 0.1) is 0 Å². The molecule has 4 rings (SSSR count). The molecular weight excluding hydrogens is 398 g/mol. The number of likely N-dealkylation sites (tertiary alicyclic amines) is 1. The fourth-order valence-corrected chi connectivity index (χ4v) is 5.18. The molecule has 1 aromatic carbocycles. The van der Waals surface area contributed by atoms with Gasteiger partial charge < -0.3 is 9.64 Å². The van der Waals surface area contributed by atoms with Crippen LogP contribution in [-0.4, -0.2) is 37.4 Å². The van der Waals surface area contributed by atoms with E-state index in [1.54, 1.807) is 29.8 Å². The molecule has 29 heavy (non-hydrogen) atoms. The smallest absolute Gasteiger partial charge is 0.164 e. The molecule has 1 saturated heterocycles.